The van der Waals surface area contributed by atoms with Gasteiger partial charge in [-0.25, -0.2) is 0 Å². The molecule has 1 N–H and O–H groups in total. The fourth-order valence-corrected chi connectivity index (χ4v) is 2.03. The second-order valence-corrected chi connectivity index (χ2v) is 4.57. The maximum atomic E-state index is 9.43. The van der Waals surface area contributed by atoms with Gasteiger partial charge in [0.05, 0.1) is 19.8 Å². The smallest absolute Gasteiger partial charge is 0.0523 e. The highest BCUT2D eigenvalue weighted by Gasteiger charge is 2.28. The van der Waals surface area contributed by atoms with Crippen LogP contribution in [-0.2, 0) is 4.74 Å². The lowest BCUT2D eigenvalue weighted by Crippen LogP contribution is -2.34. The Morgan fingerprint density at radius 3 is 2.31 bits per heavy atom. The first-order chi connectivity index (χ1) is 7.72. The summed E-state index contributed by atoms with van der Waals surface area (Å²) in [6.45, 7) is 1.76. The van der Waals surface area contributed by atoms with Crippen LogP contribution >= 0.6 is 0 Å². The standard InChI is InChI=1S/C13H19NO2/c1-14(2)12-5-3-10(4-6-12)13(7-15)11-8-16-9-11/h3-6,11,13,15H,7-9H2,1-2H3. The molecule has 0 saturated carbocycles. The maximum absolute atomic E-state index is 9.43. The van der Waals surface area contributed by atoms with Gasteiger partial charge in [-0.1, -0.05) is 12.1 Å². The molecule has 1 aliphatic heterocycles. The first-order valence-electron chi connectivity index (χ1n) is 5.68. The quantitative estimate of drug-likeness (QED) is 0.836. The number of nitrogens with zero attached hydrogens (tertiary/aromatic N) is 1. The number of hydrogen-bond acceptors (Lipinski definition) is 3. The van der Waals surface area contributed by atoms with Crippen LogP contribution < -0.4 is 4.90 Å². The molecule has 0 amide bonds. The Morgan fingerprint density at radius 2 is 1.94 bits per heavy atom. The van der Waals surface area contributed by atoms with Gasteiger partial charge in [0.1, 0.15) is 0 Å². The number of hydrogen-bond donors (Lipinski definition) is 1. The minimum absolute atomic E-state index is 0.204. The average Bonchev–Trinajstić information content (AvgIpc) is 2.23. The molecule has 0 aromatic heterocycles. The normalized spacial score (nSPS) is 17.9. The van der Waals surface area contributed by atoms with Crippen LogP contribution in [0.3, 0.4) is 0 Å². The van der Waals surface area contributed by atoms with Gasteiger partial charge >= 0.3 is 0 Å². The fraction of sp³-hybridized carbons (Fsp3) is 0.538. The molecule has 88 valence electrons. The van der Waals surface area contributed by atoms with Crippen LogP contribution in [0.4, 0.5) is 5.69 Å². The highest BCUT2D eigenvalue weighted by Crippen LogP contribution is 2.30. The van der Waals surface area contributed by atoms with E-state index in [4.69, 9.17) is 4.74 Å². The number of benzene rings is 1. The fourth-order valence-electron chi connectivity index (χ4n) is 2.03. The molecule has 1 saturated heterocycles. The van der Waals surface area contributed by atoms with E-state index in [1.54, 1.807) is 0 Å². The van der Waals surface area contributed by atoms with E-state index in [9.17, 15) is 5.11 Å². The summed E-state index contributed by atoms with van der Waals surface area (Å²) < 4.78 is 5.18. The summed E-state index contributed by atoms with van der Waals surface area (Å²) in [6.07, 6.45) is 0. The third-order valence-electron chi connectivity index (χ3n) is 3.27. The monoisotopic (exact) mass is 221 g/mol. The van der Waals surface area contributed by atoms with Crippen molar-refractivity contribution in [3.05, 3.63) is 29.8 Å². The molecule has 0 spiro atoms. The molecule has 16 heavy (non-hydrogen) atoms. The number of aliphatic hydroxyl groups excluding tert-OH is 1. The Labute approximate surface area is 96.6 Å². The number of ether oxygens (including phenoxy) is 1. The molecule has 1 heterocycles. The van der Waals surface area contributed by atoms with E-state index in [0.29, 0.717) is 5.92 Å². The molecule has 0 radical (unpaired) electrons. The minimum atomic E-state index is 0.204. The van der Waals surface area contributed by atoms with E-state index in [0.717, 1.165) is 13.2 Å². The Hall–Kier alpha value is -1.06. The van der Waals surface area contributed by atoms with Gasteiger partial charge in [0.15, 0.2) is 0 Å². The van der Waals surface area contributed by atoms with Crippen LogP contribution in [-0.4, -0.2) is 39.0 Å². The van der Waals surface area contributed by atoms with Crippen molar-refractivity contribution in [3.8, 4) is 0 Å². The van der Waals surface area contributed by atoms with E-state index in [-0.39, 0.29) is 12.5 Å². The van der Waals surface area contributed by atoms with Crippen molar-refractivity contribution in [2.45, 2.75) is 5.92 Å². The van der Waals surface area contributed by atoms with E-state index in [1.807, 2.05) is 14.1 Å². The van der Waals surface area contributed by atoms with Crippen LogP contribution in [0.5, 0.6) is 0 Å². The summed E-state index contributed by atoms with van der Waals surface area (Å²) in [4.78, 5) is 2.07. The van der Waals surface area contributed by atoms with Crippen molar-refractivity contribution in [1.29, 1.82) is 0 Å². The molecule has 1 unspecified atom stereocenters. The molecular weight excluding hydrogens is 202 g/mol. The van der Waals surface area contributed by atoms with E-state index in [1.165, 1.54) is 11.3 Å². The van der Waals surface area contributed by atoms with Gasteiger partial charge in [-0.15, -0.1) is 0 Å². The maximum Gasteiger partial charge on any atom is 0.0523 e. The van der Waals surface area contributed by atoms with Gasteiger partial charge in [-0.3, -0.25) is 0 Å². The van der Waals surface area contributed by atoms with Crippen LogP contribution in [0.1, 0.15) is 11.5 Å². The first-order valence-corrected chi connectivity index (χ1v) is 5.68. The van der Waals surface area contributed by atoms with E-state index >= 15 is 0 Å². The highest BCUT2D eigenvalue weighted by atomic mass is 16.5. The Morgan fingerprint density at radius 1 is 1.31 bits per heavy atom. The second-order valence-electron chi connectivity index (χ2n) is 4.57. The predicted molar refractivity (Wildman–Crippen MR) is 64.9 cm³/mol. The summed E-state index contributed by atoms with van der Waals surface area (Å²) >= 11 is 0. The summed E-state index contributed by atoms with van der Waals surface area (Å²) in [6, 6.07) is 8.40. The molecule has 3 heteroatoms. The zero-order chi connectivity index (χ0) is 11.5. The van der Waals surface area contributed by atoms with Crippen molar-refractivity contribution >= 4 is 5.69 Å². The Balaban J connectivity index is 2.12. The van der Waals surface area contributed by atoms with Crippen molar-refractivity contribution < 1.29 is 9.84 Å². The van der Waals surface area contributed by atoms with Crippen molar-refractivity contribution in [3.63, 3.8) is 0 Å². The van der Waals surface area contributed by atoms with Gasteiger partial charge in [-0.2, -0.15) is 0 Å². The molecule has 2 rings (SSSR count). The van der Waals surface area contributed by atoms with Crippen molar-refractivity contribution in [1.82, 2.24) is 0 Å². The molecule has 1 aromatic rings. The Bertz CT molecular complexity index is 330. The van der Waals surface area contributed by atoms with Crippen molar-refractivity contribution in [2.24, 2.45) is 5.92 Å². The zero-order valence-electron chi connectivity index (χ0n) is 9.89. The summed E-state index contributed by atoms with van der Waals surface area (Å²) in [7, 11) is 4.05. The van der Waals surface area contributed by atoms with Gasteiger partial charge < -0.3 is 14.7 Å². The molecule has 1 aromatic carbocycles. The van der Waals surface area contributed by atoms with E-state index in [2.05, 4.69) is 29.2 Å². The number of rotatable bonds is 4. The molecule has 1 aliphatic rings. The van der Waals surface area contributed by atoms with Crippen LogP contribution in [0.25, 0.3) is 0 Å². The van der Waals surface area contributed by atoms with Gasteiger partial charge in [-0.05, 0) is 17.7 Å². The lowest BCUT2D eigenvalue weighted by atomic mass is 9.85. The van der Waals surface area contributed by atoms with Gasteiger partial charge in [0.2, 0.25) is 0 Å². The largest absolute Gasteiger partial charge is 0.396 e. The van der Waals surface area contributed by atoms with Crippen LogP contribution in [0.2, 0.25) is 0 Å². The van der Waals surface area contributed by atoms with Crippen LogP contribution in [0, 0.1) is 5.92 Å². The first kappa shape index (κ1) is 11.4. The second kappa shape index (κ2) is 4.85. The lowest BCUT2D eigenvalue weighted by molar-refractivity contribution is -0.0527. The lowest BCUT2D eigenvalue weighted by Gasteiger charge is -2.33. The van der Waals surface area contributed by atoms with Crippen LogP contribution in [0.15, 0.2) is 24.3 Å². The van der Waals surface area contributed by atoms with Gasteiger partial charge in [0.25, 0.3) is 0 Å². The van der Waals surface area contributed by atoms with Gasteiger partial charge in [0, 0.05) is 31.6 Å². The third-order valence-corrected chi connectivity index (χ3v) is 3.27. The number of aliphatic hydroxyl groups is 1. The van der Waals surface area contributed by atoms with E-state index < -0.39 is 0 Å². The highest BCUT2D eigenvalue weighted by molar-refractivity contribution is 5.46. The average molecular weight is 221 g/mol. The third kappa shape index (κ3) is 2.20. The Kier molecular flexibility index (Phi) is 3.46. The predicted octanol–water partition coefficient (Wildman–Crippen LogP) is 1.47. The van der Waals surface area contributed by atoms with Crippen molar-refractivity contribution in [2.75, 3.05) is 38.8 Å². The number of anilines is 1. The topological polar surface area (TPSA) is 32.7 Å². The molecule has 1 atom stereocenters. The molecular formula is C13H19NO2. The minimum Gasteiger partial charge on any atom is -0.396 e. The summed E-state index contributed by atoms with van der Waals surface area (Å²) in [5, 5.41) is 9.43. The summed E-state index contributed by atoms with van der Waals surface area (Å²) in [5.41, 5.74) is 2.40. The SMILES string of the molecule is CN(C)c1ccc(C(CO)C2COC2)cc1. The molecule has 1 fully saturated rings. The summed E-state index contributed by atoms with van der Waals surface area (Å²) in [5.74, 6) is 0.708. The molecule has 0 bridgehead atoms. The molecule has 0 aliphatic carbocycles. The molecule has 3 nitrogen and oxygen atoms in total. The zero-order valence-corrected chi connectivity index (χ0v) is 9.89.